The molecule has 16 heteroatoms. The van der Waals surface area contributed by atoms with Crippen LogP contribution in [0.25, 0.3) is 0 Å². The fourth-order valence-corrected chi connectivity index (χ4v) is 9.47. The van der Waals surface area contributed by atoms with E-state index >= 15 is 0 Å². The van der Waals surface area contributed by atoms with E-state index in [1.54, 1.807) is 12.1 Å². The lowest BCUT2D eigenvalue weighted by molar-refractivity contribution is -0.153. The van der Waals surface area contributed by atoms with Crippen molar-refractivity contribution in [3.8, 4) is 0 Å². The van der Waals surface area contributed by atoms with Crippen LogP contribution in [0.4, 0.5) is 9.59 Å². The van der Waals surface area contributed by atoms with Gasteiger partial charge in [-0.1, -0.05) is 42.7 Å². The van der Waals surface area contributed by atoms with Gasteiger partial charge in [0.2, 0.25) is 21.5 Å². The molecule has 2 saturated carbocycles. The number of carbonyl (C=O) groups is 5. The number of amides is 5. The van der Waals surface area contributed by atoms with Crippen molar-refractivity contribution in [2.24, 2.45) is 5.92 Å². The summed E-state index contributed by atoms with van der Waals surface area (Å²) in [6.45, 7) is 0.0883. The van der Waals surface area contributed by atoms with Gasteiger partial charge in [-0.2, -0.15) is 0 Å². The number of alkyl carbamates (subject to hydrolysis) is 1. The van der Waals surface area contributed by atoms with Crippen LogP contribution in [-0.2, 0) is 47.0 Å². The van der Waals surface area contributed by atoms with E-state index in [1.807, 2.05) is 18.2 Å². The van der Waals surface area contributed by atoms with E-state index in [1.165, 1.54) is 4.90 Å². The first kappa shape index (κ1) is 33.6. The highest BCUT2D eigenvalue weighted by molar-refractivity contribution is 7.90. The quantitative estimate of drug-likeness (QED) is 0.291. The second kappa shape index (κ2) is 13.1. The number of halogens is 1. The largest absolute Gasteiger partial charge is 0.446 e. The average molecular weight is 718 g/mol. The van der Waals surface area contributed by atoms with Gasteiger partial charge in [-0.25, -0.2) is 18.0 Å². The molecule has 5 amide bonds. The maximum atomic E-state index is 14.5. The first-order valence-electron chi connectivity index (χ1n) is 17.0. The van der Waals surface area contributed by atoms with Crippen molar-refractivity contribution in [3.63, 3.8) is 0 Å². The Morgan fingerprint density at radius 1 is 0.980 bits per heavy atom. The molecule has 6 aliphatic rings. The minimum atomic E-state index is -4.37. The van der Waals surface area contributed by atoms with Crippen molar-refractivity contribution in [1.29, 1.82) is 0 Å². The summed E-state index contributed by atoms with van der Waals surface area (Å²) in [5.74, 6) is -2.82. The van der Waals surface area contributed by atoms with E-state index in [-0.39, 0.29) is 57.3 Å². The first-order chi connectivity index (χ1) is 23.4. The number of benzene rings is 1. The van der Waals surface area contributed by atoms with Crippen molar-refractivity contribution in [2.45, 2.75) is 112 Å². The third-order valence-electron chi connectivity index (χ3n) is 10.6. The number of hydrogen-bond donors (Lipinski definition) is 3. The van der Waals surface area contributed by atoms with Crippen LogP contribution in [0, 0.1) is 5.92 Å². The van der Waals surface area contributed by atoms with Crippen LogP contribution in [-0.4, -0.2) is 89.8 Å². The van der Waals surface area contributed by atoms with Crippen molar-refractivity contribution >= 4 is 51.5 Å². The SMILES string of the molecule is O=C1NC2CCCCCC=CC3CC3NC(=O)C3(CC(OC(=O)N4Cc5ccc(Cl)cc5C4)CN3C2=O)C(=O)NS(=O)(=O)C2CCC(C2)O1. The van der Waals surface area contributed by atoms with Crippen LogP contribution in [0.2, 0.25) is 5.02 Å². The topological polar surface area (TPSA) is 181 Å². The molecular weight excluding hydrogens is 678 g/mol. The molecule has 2 saturated heterocycles. The standard InChI is InChI=1S/C33H40ClN5O9S/c34-22-9-8-20-16-38(17-21(20)12-22)32(44)48-24-15-33-29(41)35-27-13-19(27)6-4-2-1-3-5-7-26(28(40)39(33)18-24)36-31(43)47-23-10-11-25(14-23)49(45,46)37-30(33)42/h4,6,8-9,12,19,23-27H,1-3,5,7,10-11,13-18H2,(H,35,41)(H,36,43)(H,37,42). The van der Waals surface area contributed by atoms with Crippen molar-refractivity contribution < 1.29 is 41.9 Å². The summed E-state index contributed by atoms with van der Waals surface area (Å²) in [5.41, 5.74) is -0.659. The fourth-order valence-electron chi connectivity index (χ4n) is 7.76. The lowest BCUT2D eigenvalue weighted by atomic mass is 9.92. The normalized spacial score (nSPS) is 34.3. The van der Waals surface area contributed by atoms with E-state index in [4.69, 9.17) is 21.1 Å². The molecular formula is C33H40ClN5O9S. The van der Waals surface area contributed by atoms with E-state index < -0.39 is 75.4 Å². The fraction of sp³-hybridized carbons (Fsp3) is 0.606. The summed E-state index contributed by atoms with van der Waals surface area (Å²) in [4.78, 5) is 72.5. The van der Waals surface area contributed by atoms with Gasteiger partial charge in [0.15, 0.2) is 0 Å². The zero-order valence-corrected chi connectivity index (χ0v) is 28.5. The van der Waals surface area contributed by atoms with Gasteiger partial charge in [0.25, 0.3) is 11.8 Å². The number of nitrogens with one attached hydrogen (secondary N) is 3. The van der Waals surface area contributed by atoms with Crippen molar-refractivity contribution in [1.82, 2.24) is 25.2 Å². The minimum Gasteiger partial charge on any atom is -0.446 e. The molecule has 4 fully saturated rings. The predicted molar refractivity (Wildman–Crippen MR) is 174 cm³/mol. The Kier molecular flexibility index (Phi) is 9.01. The molecule has 2 aliphatic carbocycles. The van der Waals surface area contributed by atoms with Gasteiger partial charge in [-0.3, -0.25) is 24.0 Å². The molecule has 0 aromatic heterocycles. The number of carbonyl (C=O) groups excluding carboxylic acids is 5. The van der Waals surface area contributed by atoms with Crippen LogP contribution in [0.1, 0.15) is 75.3 Å². The number of fused-ring (bicyclic) bond motifs is 5. The van der Waals surface area contributed by atoms with Gasteiger partial charge in [-0.15, -0.1) is 0 Å². The average Bonchev–Trinajstić information content (AvgIpc) is 3.39. The molecule has 14 nitrogen and oxygen atoms in total. The molecule has 0 spiro atoms. The molecule has 49 heavy (non-hydrogen) atoms. The van der Waals surface area contributed by atoms with Crippen LogP contribution in [0.15, 0.2) is 30.4 Å². The van der Waals surface area contributed by atoms with Gasteiger partial charge in [-0.05, 0) is 67.7 Å². The highest BCUT2D eigenvalue weighted by Crippen LogP contribution is 2.39. The van der Waals surface area contributed by atoms with E-state index in [0.29, 0.717) is 17.9 Å². The molecule has 264 valence electrons. The number of hydrogen-bond acceptors (Lipinski definition) is 9. The maximum Gasteiger partial charge on any atom is 0.410 e. The molecule has 1 aromatic carbocycles. The molecule has 7 rings (SSSR count). The number of ether oxygens (including phenoxy) is 2. The Balaban J connectivity index is 1.25. The maximum absolute atomic E-state index is 14.5. The second-order valence-corrected chi connectivity index (χ2v) is 16.4. The number of nitrogens with zero attached hydrogens (tertiary/aromatic N) is 2. The molecule has 4 aliphatic heterocycles. The Morgan fingerprint density at radius 3 is 2.63 bits per heavy atom. The summed E-state index contributed by atoms with van der Waals surface area (Å²) < 4.78 is 40.8. The molecule has 7 unspecified atom stereocenters. The summed E-state index contributed by atoms with van der Waals surface area (Å²) in [6, 6.07) is 3.79. The van der Waals surface area contributed by atoms with Crippen molar-refractivity contribution in [3.05, 3.63) is 46.5 Å². The molecule has 7 atom stereocenters. The lowest BCUT2D eigenvalue weighted by Crippen LogP contribution is -2.68. The third-order valence-corrected chi connectivity index (χ3v) is 12.6. The Hall–Kier alpha value is -3.85. The predicted octanol–water partition coefficient (Wildman–Crippen LogP) is 2.63. The molecule has 1 aromatic rings. The zero-order chi connectivity index (χ0) is 34.5. The third kappa shape index (κ3) is 6.71. The molecule has 3 N–H and O–H groups in total. The summed E-state index contributed by atoms with van der Waals surface area (Å²) in [5, 5.41) is 5.00. The van der Waals surface area contributed by atoms with Crippen LogP contribution < -0.4 is 15.4 Å². The second-order valence-electron chi connectivity index (χ2n) is 14.0. The van der Waals surface area contributed by atoms with Crippen LogP contribution in [0.5, 0.6) is 0 Å². The highest BCUT2D eigenvalue weighted by atomic mass is 35.5. The van der Waals surface area contributed by atoms with E-state index in [9.17, 15) is 32.4 Å². The Morgan fingerprint density at radius 2 is 1.80 bits per heavy atom. The monoisotopic (exact) mass is 717 g/mol. The molecule has 4 bridgehead atoms. The Labute approximate surface area is 289 Å². The van der Waals surface area contributed by atoms with Gasteiger partial charge >= 0.3 is 12.2 Å². The first-order valence-corrected chi connectivity index (χ1v) is 18.9. The van der Waals surface area contributed by atoms with Gasteiger partial charge in [0, 0.05) is 37.0 Å². The minimum absolute atomic E-state index is 0.0242. The van der Waals surface area contributed by atoms with Crippen molar-refractivity contribution in [2.75, 3.05) is 6.54 Å². The summed E-state index contributed by atoms with van der Waals surface area (Å²) >= 11 is 6.14. The lowest BCUT2D eigenvalue weighted by Gasteiger charge is -2.37. The molecule has 4 heterocycles. The van der Waals surface area contributed by atoms with Gasteiger partial charge in [0.05, 0.1) is 11.8 Å². The number of sulfonamides is 1. The highest BCUT2D eigenvalue weighted by Gasteiger charge is 2.62. The van der Waals surface area contributed by atoms with E-state index in [2.05, 4.69) is 15.4 Å². The van der Waals surface area contributed by atoms with Crippen LogP contribution in [0.3, 0.4) is 0 Å². The van der Waals surface area contributed by atoms with E-state index in [0.717, 1.165) is 35.3 Å². The number of allylic oxidation sites excluding steroid dienone is 1. The smallest absolute Gasteiger partial charge is 0.410 e. The van der Waals surface area contributed by atoms with Gasteiger partial charge < -0.3 is 25.0 Å². The summed E-state index contributed by atoms with van der Waals surface area (Å²) in [7, 11) is -4.37. The Bertz CT molecular complexity index is 1700. The zero-order valence-electron chi connectivity index (χ0n) is 26.9. The van der Waals surface area contributed by atoms with Gasteiger partial charge in [0.1, 0.15) is 18.2 Å². The molecule has 0 radical (unpaired) electrons. The summed E-state index contributed by atoms with van der Waals surface area (Å²) in [6.07, 6.45) is 4.21. The van der Waals surface area contributed by atoms with Crippen LogP contribution >= 0.6 is 11.6 Å². The number of rotatable bonds is 1.